The Kier molecular flexibility index (Phi) is 5.69. The fourth-order valence-electron chi connectivity index (χ4n) is 1.53. The van der Waals surface area contributed by atoms with E-state index in [1.807, 2.05) is 6.26 Å². The van der Waals surface area contributed by atoms with Gasteiger partial charge in [0.2, 0.25) is 0 Å². The van der Waals surface area contributed by atoms with Gasteiger partial charge in [-0.3, -0.25) is 4.79 Å². The lowest BCUT2D eigenvalue weighted by Gasteiger charge is -2.14. The summed E-state index contributed by atoms with van der Waals surface area (Å²) in [6.45, 7) is 1.68. The average molecular weight is 283 g/mol. The van der Waals surface area contributed by atoms with E-state index < -0.39 is 17.9 Å². The van der Waals surface area contributed by atoms with Crippen LogP contribution in [0, 0.1) is 6.92 Å². The van der Waals surface area contributed by atoms with E-state index in [0.717, 1.165) is 0 Å². The smallest absolute Gasteiger partial charge is 0.326 e. The van der Waals surface area contributed by atoms with Gasteiger partial charge in [-0.15, -0.1) is 0 Å². The number of thioether (sulfide) groups is 1. The number of aryl methyl sites for hydroxylation is 1. The molecule has 6 heteroatoms. The van der Waals surface area contributed by atoms with Gasteiger partial charge in [0.1, 0.15) is 11.8 Å². The van der Waals surface area contributed by atoms with Gasteiger partial charge in [0, 0.05) is 5.56 Å². The lowest BCUT2D eigenvalue weighted by Crippen LogP contribution is -2.41. The molecular formula is C13H17NO4S. The van der Waals surface area contributed by atoms with Crippen LogP contribution in [0.3, 0.4) is 0 Å². The van der Waals surface area contributed by atoms with Crippen LogP contribution >= 0.6 is 11.8 Å². The van der Waals surface area contributed by atoms with Crippen LogP contribution in [-0.4, -0.2) is 40.1 Å². The van der Waals surface area contributed by atoms with E-state index >= 15 is 0 Å². The summed E-state index contributed by atoms with van der Waals surface area (Å²) in [5, 5.41) is 20.9. The van der Waals surface area contributed by atoms with Crippen LogP contribution < -0.4 is 5.32 Å². The molecule has 3 N–H and O–H groups in total. The van der Waals surface area contributed by atoms with E-state index in [9.17, 15) is 14.7 Å². The molecule has 104 valence electrons. The first kappa shape index (κ1) is 15.4. The fraction of sp³-hybridized carbons (Fsp3) is 0.385. The molecule has 0 aliphatic carbocycles. The van der Waals surface area contributed by atoms with E-state index in [0.29, 0.717) is 23.3 Å². The number of aliphatic carboxylic acids is 1. The fourth-order valence-corrected chi connectivity index (χ4v) is 2.00. The predicted octanol–water partition coefficient (Wildman–Crippen LogP) is 1.64. The third kappa shape index (κ3) is 4.48. The molecule has 19 heavy (non-hydrogen) atoms. The maximum Gasteiger partial charge on any atom is 0.326 e. The van der Waals surface area contributed by atoms with Crippen LogP contribution in [0.1, 0.15) is 22.3 Å². The molecule has 0 aliphatic rings. The molecule has 0 aromatic heterocycles. The quantitative estimate of drug-likeness (QED) is 0.739. The molecule has 0 bridgehead atoms. The number of aromatic hydroxyl groups is 1. The number of amides is 1. The van der Waals surface area contributed by atoms with Crippen LogP contribution in [0.4, 0.5) is 0 Å². The second-order valence-corrected chi connectivity index (χ2v) is 5.13. The van der Waals surface area contributed by atoms with E-state index in [2.05, 4.69) is 5.32 Å². The van der Waals surface area contributed by atoms with Gasteiger partial charge in [-0.2, -0.15) is 11.8 Å². The summed E-state index contributed by atoms with van der Waals surface area (Å²) in [6.07, 6.45) is 2.25. The molecule has 0 saturated heterocycles. The Labute approximate surface area is 116 Å². The first-order valence-corrected chi connectivity index (χ1v) is 7.17. The molecule has 1 atom stereocenters. The molecule has 0 fully saturated rings. The SMILES string of the molecule is CSCC[C@H](NC(=O)c1ccc(O)c(C)c1)C(=O)O. The normalized spacial score (nSPS) is 11.9. The van der Waals surface area contributed by atoms with Gasteiger partial charge in [-0.25, -0.2) is 4.79 Å². The standard InChI is InChI=1S/C13H17NO4S/c1-8-7-9(3-4-11(8)15)12(16)14-10(13(17)18)5-6-19-2/h3-4,7,10,15H,5-6H2,1-2H3,(H,14,16)(H,17,18)/t10-/m0/s1. The Morgan fingerprint density at radius 1 is 1.42 bits per heavy atom. The highest BCUT2D eigenvalue weighted by molar-refractivity contribution is 7.98. The summed E-state index contributed by atoms with van der Waals surface area (Å²) in [5.41, 5.74) is 0.911. The summed E-state index contributed by atoms with van der Waals surface area (Å²) < 4.78 is 0. The molecule has 0 radical (unpaired) electrons. The summed E-state index contributed by atoms with van der Waals surface area (Å²) >= 11 is 1.53. The zero-order chi connectivity index (χ0) is 14.4. The van der Waals surface area contributed by atoms with Crippen LogP contribution in [0.2, 0.25) is 0 Å². The second-order valence-electron chi connectivity index (χ2n) is 4.15. The maximum absolute atomic E-state index is 11.9. The number of hydrogen-bond donors (Lipinski definition) is 3. The first-order valence-electron chi connectivity index (χ1n) is 5.78. The number of phenolic OH excluding ortho intramolecular Hbond substituents is 1. The molecule has 0 saturated carbocycles. The highest BCUT2D eigenvalue weighted by Crippen LogP contribution is 2.17. The number of rotatable bonds is 6. The van der Waals surface area contributed by atoms with Gasteiger partial charge in [0.05, 0.1) is 0 Å². The largest absolute Gasteiger partial charge is 0.508 e. The van der Waals surface area contributed by atoms with Crippen molar-refractivity contribution in [3.63, 3.8) is 0 Å². The number of hydrogen-bond acceptors (Lipinski definition) is 4. The summed E-state index contributed by atoms with van der Waals surface area (Å²) in [7, 11) is 0. The van der Waals surface area contributed by atoms with Crippen molar-refractivity contribution >= 4 is 23.6 Å². The Morgan fingerprint density at radius 3 is 2.63 bits per heavy atom. The van der Waals surface area contributed by atoms with Gasteiger partial charge in [-0.1, -0.05) is 0 Å². The average Bonchev–Trinajstić information content (AvgIpc) is 2.37. The van der Waals surface area contributed by atoms with Crippen LogP contribution in [0.25, 0.3) is 0 Å². The van der Waals surface area contributed by atoms with E-state index in [4.69, 9.17) is 5.11 Å². The molecule has 5 nitrogen and oxygen atoms in total. The lowest BCUT2D eigenvalue weighted by molar-refractivity contribution is -0.139. The third-order valence-corrected chi connectivity index (χ3v) is 3.32. The van der Waals surface area contributed by atoms with Gasteiger partial charge in [0.25, 0.3) is 5.91 Å². The van der Waals surface area contributed by atoms with E-state index in [1.165, 1.54) is 30.0 Å². The number of carboxylic acids is 1. The van der Waals surface area contributed by atoms with Crippen molar-refractivity contribution in [3.8, 4) is 5.75 Å². The van der Waals surface area contributed by atoms with Crippen molar-refractivity contribution in [1.82, 2.24) is 5.32 Å². The van der Waals surface area contributed by atoms with E-state index in [-0.39, 0.29) is 5.75 Å². The van der Waals surface area contributed by atoms with Crippen molar-refractivity contribution in [2.75, 3.05) is 12.0 Å². The van der Waals surface area contributed by atoms with Gasteiger partial charge in [0.15, 0.2) is 0 Å². The van der Waals surface area contributed by atoms with Crippen LogP contribution in [-0.2, 0) is 4.79 Å². The number of nitrogens with one attached hydrogen (secondary N) is 1. The van der Waals surface area contributed by atoms with Crippen molar-refractivity contribution in [2.45, 2.75) is 19.4 Å². The number of carbonyl (C=O) groups excluding carboxylic acids is 1. The predicted molar refractivity (Wildman–Crippen MR) is 74.7 cm³/mol. The highest BCUT2D eigenvalue weighted by Gasteiger charge is 2.20. The zero-order valence-electron chi connectivity index (χ0n) is 10.8. The number of carboxylic acid groups (broad SMARTS) is 1. The monoisotopic (exact) mass is 283 g/mol. The molecule has 0 unspecified atom stereocenters. The van der Waals surface area contributed by atoms with Crippen molar-refractivity contribution < 1.29 is 19.8 Å². The minimum absolute atomic E-state index is 0.105. The topological polar surface area (TPSA) is 86.6 Å². The Bertz CT molecular complexity index is 476. The van der Waals surface area contributed by atoms with E-state index in [1.54, 1.807) is 6.92 Å². The minimum atomic E-state index is -1.04. The third-order valence-electron chi connectivity index (χ3n) is 2.67. The number of benzene rings is 1. The summed E-state index contributed by atoms with van der Waals surface area (Å²) in [5.74, 6) is -0.727. The Morgan fingerprint density at radius 2 is 2.11 bits per heavy atom. The molecule has 0 aliphatic heterocycles. The first-order chi connectivity index (χ1) is 8.95. The molecule has 1 rings (SSSR count). The molecular weight excluding hydrogens is 266 g/mol. The Balaban J connectivity index is 2.75. The minimum Gasteiger partial charge on any atom is -0.508 e. The number of phenols is 1. The number of carbonyl (C=O) groups is 2. The second kappa shape index (κ2) is 7.04. The summed E-state index contributed by atoms with van der Waals surface area (Å²) in [6, 6.07) is 3.51. The van der Waals surface area contributed by atoms with Gasteiger partial charge >= 0.3 is 5.97 Å². The molecule has 1 aromatic carbocycles. The Hall–Kier alpha value is -1.69. The molecule has 0 heterocycles. The molecule has 1 aromatic rings. The van der Waals surface area contributed by atoms with Crippen LogP contribution in [0.5, 0.6) is 5.75 Å². The molecule has 1 amide bonds. The van der Waals surface area contributed by atoms with Gasteiger partial charge < -0.3 is 15.5 Å². The lowest BCUT2D eigenvalue weighted by atomic mass is 10.1. The van der Waals surface area contributed by atoms with Crippen molar-refractivity contribution in [1.29, 1.82) is 0 Å². The molecule has 0 spiro atoms. The van der Waals surface area contributed by atoms with Crippen molar-refractivity contribution in [2.24, 2.45) is 0 Å². The highest BCUT2D eigenvalue weighted by atomic mass is 32.2. The van der Waals surface area contributed by atoms with Crippen molar-refractivity contribution in [3.05, 3.63) is 29.3 Å². The summed E-state index contributed by atoms with van der Waals surface area (Å²) in [4.78, 5) is 23.0. The van der Waals surface area contributed by atoms with Crippen LogP contribution in [0.15, 0.2) is 18.2 Å². The zero-order valence-corrected chi connectivity index (χ0v) is 11.7. The van der Waals surface area contributed by atoms with Gasteiger partial charge in [-0.05, 0) is 49.1 Å². The maximum atomic E-state index is 11.9.